The molecular formula is C12H18N2O. The quantitative estimate of drug-likeness (QED) is 0.659. The topological polar surface area (TPSA) is 44.1 Å². The van der Waals surface area contributed by atoms with Crippen LogP contribution in [-0.4, -0.2) is 23.4 Å². The fraction of sp³-hybridized carbons (Fsp3) is 0.833. The van der Waals surface area contributed by atoms with Crippen molar-refractivity contribution >= 4 is 5.91 Å². The zero-order valence-electron chi connectivity index (χ0n) is 9.11. The predicted octanol–water partition coefficient (Wildman–Crippen LogP) is 2.08. The SMILES string of the molecule is N#CCC(=O)N1CCC[C@H]2CCCC[C@H]21. The molecule has 3 nitrogen and oxygen atoms in total. The zero-order chi connectivity index (χ0) is 10.7. The summed E-state index contributed by atoms with van der Waals surface area (Å²) in [5.41, 5.74) is 0. The number of carbonyl (C=O) groups is 1. The van der Waals surface area contributed by atoms with Crippen LogP contribution in [0.3, 0.4) is 0 Å². The Bertz CT molecular complexity index is 280. The van der Waals surface area contributed by atoms with Gasteiger partial charge >= 0.3 is 0 Å². The van der Waals surface area contributed by atoms with E-state index in [2.05, 4.69) is 0 Å². The third-order valence-corrected chi connectivity index (χ3v) is 3.79. The second-order valence-corrected chi connectivity index (χ2v) is 4.68. The third-order valence-electron chi connectivity index (χ3n) is 3.79. The maximum atomic E-state index is 11.8. The van der Waals surface area contributed by atoms with Crippen molar-refractivity contribution in [2.75, 3.05) is 6.54 Å². The van der Waals surface area contributed by atoms with Gasteiger partial charge in [0.15, 0.2) is 0 Å². The van der Waals surface area contributed by atoms with Crippen molar-refractivity contribution in [1.82, 2.24) is 4.90 Å². The van der Waals surface area contributed by atoms with Gasteiger partial charge in [-0.15, -0.1) is 0 Å². The van der Waals surface area contributed by atoms with Crippen LogP contribution in [-0.2, 0) is 4.79 Å². The molecule has 0 aromatic carbocycles. The fourth-order valence-corrected chi connectivity index (χ4v) is 3.10. The van der Waals surface area contributed by atoms with Crippen molar-refractivity contribution in [3.8, 4) is 6.07 Å². The van der Waals surface area contributed by atoms with E-state index in [1.165, 1.54) is 25.7 Å². The largest absolute Gasteiger partial charge is 0.339 e. The number of carbonyl (C=O) groups excluding carboxylic acids is 1. The summed E-state index contributed by atoms with van der Waals surface area (Å²) < 4.78 is 0. The Morgan fingerprint density at radius 3 is 2.80 bits per heavy atom. The van der Waals surface area contributed by atoms with Gasteiger partial charge in [-0.05, 0) is 31.6 Å². The van der Waals surface area contributed by atoms with Crippen LogP contribution in [0.15, 0.2) is 0 Å². The minimum Gasteiger partial charge on any atom is -0.339 e. The highest BCUT2D eigenvalue weighted by Gasteiger charge is 2.35. The maximum absolute atomic E-state index is 11.8. The zero-order valence-corrected chi connectivity index (χ0v) is 9.11. The van der Waals surface area contributed by atoms with E-state index in [-0.39, 0.29) is 12.3 Å². The normalized spacial score (nSPS) is 30.5. The van der Waals surface area contributed by atoms with Crippen molar-refractivity contribution in [1.29, 1.82) is 5.26 Å². The summed E-state index contributed by atoms with van der Waals surface area (Å²) in [5.74, 6) is 0.768. The van der Waals surface area contributed by atoms with Crippen molar-refractivity contribution in [2.24, 2.45) is 5.92 Å². The Hall–Kier alpha value is -1.04. The number of fused-ring (bicyclic) bond motifs is 1. The molecule has 2 rings (SSSR count). The minimum atomic E-state index is 0.0501. The number of rotatable bonds is 1. The molecule has 82 valence electrons. The van der Waals surface area contributed by atoms with E-state index in [9.17, 15) is 4.79 Å². The van der Waals surface area contributed by atoms with Gasteiger partial charge in [0.2, 0.25) is 5.91 Å². The molecule has 0 radical (unpaired) electrons. The molecule has 0 bridgehead atoms. The lowest BCUT2D eigenvalue weighted by Crippen LogP contribution is -2.49. The number of piperidine rings is 1. The van der Waals surface area contributed by atoms with E-state index in [0.717, 1.165) is 25.3 Å². The van der Waals surface area contributed by atoms with Gasteiger partial charge in [-0.1, -0.05) is 12.8 Å². The van der Waals surface area contributed by atoms with Gasteiger partial charge < -0.3 is 4.90 Å². The Labute approximate surface area is 91.1 Å². The molecular weight excluding hydrogens is 188 g/mol. The van der Waals surface area contributed by atoms with Crippen LogP contribution in [0.2, 0.25) is 0 Å². The second-order valence-electron chi connectivity index (χ2n) is 4.68. The molecule has 0 aromatic rings. The van der Waals surface area contributed by atoms with Gasteiger partial charge in [-0.2, -0.15) is 5.26 Å². The molecule has 2 atom stereocenters. The molecule has 2 aliphatic rings. The summed E-state index contributed by atoms with van der Waals surface area (Å²) in [7, 11) is 0. The average Bonchev–Trinajstić information content (AvgIpc) is 2.28. The standard InChI is InChI=1S/C12H18N2O/c13-8-7-12(15)14-9-3-5-10-4-1-2-6-11(10)14/h10-11H,1-7,9H2/t10-,11-/m1/s1. The molecule has 1 heterocycles. The highest BCUT2D eigenvalue weighted by molar-refractivity contribution is 5.78. The van der Waals surface area contributed by atoms with Crippen LogP contribution in [0.4, 0.5) is 0 Å². The van der Waals surface area contributed by atoms with Crippen molar-refractivity contribution in [3.63, 3.8) is 0 Å². The first-order chi connectivity index (χ1) is 7.33. The Kier molecular flexibility index (Phi) is 3.25. The van der Waals surface area contributed by atoms with E-state index in [1.807, 2.05) is 11.0 Å². The lowest BCUT2D eigenvalue weighted by atomic mass is 9.78. The van der Waals surface area contributed by atoms with E-state index < -0.39 is 0 Å². The summed E-state index contributed by atoms with van der Waals surface area (Å²) in [4.78, 5) is 13.7. The van der Waals surface area contributed by atoms with Gasteiger partial charge in [0.05, 0.1) is 6.07 Å². The second kappa shape index (κ2) is 4.65. The molecule has 0 unspecified atom stereocenters. The average molecular weight is 206 g/mol. The Balaban J connectivity index is 2.03. The number of hydrogen-bond acceptors (Lipinski definition) is 2. The highest BCUT2D eigenvalue weighted by atomic mass is 16.2. The molecule has 3 heteroatoms. The smallest absolute Gasteiger partial charge is 0.237 e. The van der Waals surface area contributed by atoms with Crippen molar-refractivity contribution in [2.45, 2.75) is 51.0 Å². The van der Waals surface area contributed by atoms with Gasteiger partial charge in [-0.3, -0.25) is 4.79 Å². The molecule has 0 N–H and O–H groups in total. The summed E-state index contributed by atoms with van der Waals surface area (Å²) in [6.07, 6.45) is 7.46. The first-order valence-corrected chi connectivity index (χ1v) is 5.99. The predicted molar refractivity (Wildman–Crippen MR) is 56.9 cm³/mol. The van der Waals surface area contributed by atoms with E-state index in [0.29, 0.717) is 6.04 Å². The third kappa shape index (κ3) is 2.14. The van der Waals surface area contributed by atoms with Crippen LogP contribution < -0.4 is 0 Å². The minimum absolute atomic E-state index is 0.0501. The lowest BCUT2D eigenvalue weighted by Gasteiger charge is -2.43. The van der Waals surface area contributed by atoms with Crippen LogP contribution in [0, 0.1) is 17.2 Å². The molecule has 1 aliphatic heterocycles. The lowest BCUT2D eigenvalue weighted by molar-refractivity contribution is -0.136. The first-order valence-electron chi connectivity index (χ1n) is 5.99. The van der Waals surface area contributed by atoms with Crippen LogP contribution in [0.5, 0.6) is 0 Å². The van der Waals surface area contributed by atoms with Gasteiger partial charge in [-0.25, -0.2) is 0 Å². The molecule has 2 fully saturated rings. The molecule has 1 amide bonds. The van der Waals surface area contributed by atoms with Crippen LogP contribution in [0.1, 0.15) is 44.9 Å². The molecule has 1 aliphatic carbocycles. The summed E-state index contributed by atoms with van der Waals surface area (Å²) in [6, 6.07) is 2.42. The van der Waals surface area contributed by atoms with Crippen molar-refractivity contribution in [3.05, 3.63) is 0 Å². The Morgan fingerprint density at radius 1 is 1.27 bits per heavy atom. The number of hydrogen-bond donors (Lipinski definition) is 0. The fourth-order valence-electron chi connectivity index (χ4n) is 3.10. The van der Waals surface area contributed by atoms with Crippen molar-refractivity contribution < 1.29 is 4.79 Å². The number of likely N-dealkylation sites (tertiary alicyclic amines) is 1. The van der Waals surface area contributed by atoms with Crippen LogP contribution in [0.25, 0.3) is 0 Å². The van der Waals surface area contributed by atoms with E-state index in [4.69, 9.17) is 5.26 Å². The molecule has 1 saturated heterocycles. The van der Waals surface area contributed by atoms with Gasteiger partial charge in [0.25, 0.3) is 0 Å². The molecule has 15 heavy (non-hydrogen) atoms. The highest BCUT2D eigenvalue weighted by Crippen LogP contribution is 2.35. The number of amides is 1. The summed E-state index contributed by atoms with van der Waals surface area (Å²) in [5, 5.41) is 8.57. The first kappa shape index (κ1) is 10.5. The van der Waals surface area contributed by atoms with Crippen LogP contribution >= 0.6 is 0 Å². The summed E-state index contributed by atoms with van der Waals surface area (Å²) >= 11 is 0. The number of nitriles is 1. The van der Waals surface area contributed by atoms with E-state index >= 15 is 0 Å². The Morgan fingerprint density at radius 2 is 2.00 bits per heavy atom. The molecule has 1 saturated carbocycles. The monoisotopic (exact) mass is 206 g/mol. The number of nitrogens with zero attached hydrogens (tertiary/aromatic N) is 2. The van der Waals surface area contributed by atoms with Gasteiger partial charge in [0, 0.05) is 12.6 Å². The maximum Gasteiger partial charge on any atom is 0.237 e. The molecule has 0 aromatic heterocycles. The summed E-state index contributed by atoms with van der Waals surface area (Å²) in [6.45, 7) is 0.877. The van der Waals surface area contributed by atoms with Gasteiger partial charge in [0.1, 0.15) is 6.42 Å². The molecule has 0 spiro atoms. The van der Waals surface area contributed by atoms with E-state index in [1.54, 1.807) is 0 Å².